The van der Waals surface area contributed by atoms with E-state index < -0.39 is 0 Å². The zero-order valence-corrected chi connectivity index (χ0v) is 14.9. The molecule has 1 saturated heterocycles. The number of hydrogen-bond acceptors (Lipinski definition) is 3. The van der Waals surface area contributed by atoms with Crippen LogP contribution >= 0.6 is 11.8 Å². The molecular weight excluding hydrogens is 276 g/mol. The third-order valence-electron chi connectivity index (χ3n) is 4.76. The first-order valence-corrected chi connectivity index (χ1v) is 9.32. The lowest BCUT2D eigenvalue weighted by Gasteiger charge is -2.48. The van der Waals surface area contributed by atoms with E-state index in [1.165, 1.54) is 12.1 Å². The van der Waals surface area contributed by atoms with Gasteiger partial charge in [-0.05, 0) is 24.7 Å². The fourth-order valence-electron chi connectivity index (χ4n) is 3.30. The van der Waals surface area contributed by atoms with Crippen molar-refractivity contribution in [3.8, 4) is 0 Å². The van der Waals surface area contributed by atoms with Crippen molar-refractivity contribution in [1.29, 1.82) is 0 Å². The molecule has 2 nitrogen and oxygen atoms in total. The number of hydrogen-bond donors (Lipinski definition) is 1. The molecule has 0 bridgehead atoms. The first kappa shape index (κ1) is 16.9. The molecule has 0 amide bonds. The Hall–Kier alpha value is -0.510. The number of benzene rings is 1. The lowest BCUT2D eigenvalue weighted by molar-refractivity contribution is 0.0623. The molecular formula is C18H30N2S. The van der Waals surface area contributed by atoms with Crippen LogP contribution in [0.4, 0.5) is 0 Å². The minimum absolute atomic E-state index is 0.0603. The van der Waals surface area contributed by atoms with Gasteiger partial charge in [-0.3, -0.25) is 4.90 Å². The van der Waals surface area contributed by atoms with Gasteiger partial charge in [0, 0.05) is 30.9 Å². The number of nitrogens with one attached hydrogen (secondary N) is 1. The molecule has 0 saturated carbocycles. The van der Waals surface area contributed by atoms with Crippen LogP contribution in [0.15, 0.2) is 30.3 Å². The van der Waals surface area contributed by atoms with Crippen LogP contribution in [-0.2, 0) is 5.54 Å². The molecule has 2 rings (SSSR count). The van der Waals surface area contributed by atoms with Crippen LogP contribution in [0.25, 0.3) is 0 Å². The summed E-state index contributed by atoms with van der Waals surface area (Å²) in [7, 11) is 0. The third kappa shape index (κ3) is 4.02. The number of thioether (sulfide) groups is 1. The summed E-state index contributed by atoms with van der Waals surface area (Å²) < 4.78 is 0. The van der Waals surface area contributed by atoms with E-state index in [0.717, 1.165) is 13.1 Å². The molecule has 1 heterocycles. The Morgan fingerprint density at radius 2 is 1.95 bits per heavy atom. The highest BCUT2D eigenvalue weighted by Gasteiger charge is 2.38. The van der Waals surface area contributed by atoms with E-state index in [1.54, 1.807) is 0 Å². The van der Waals surface area contributed by atoms with Crippen molar-refractivity contribution in [2.45, 2.75) is 44.5 Å². The Morgan fingerprint density at radius 3 is 2.52 bits per heavy atom. The fourth-order valence-corrected chi connectivity index (χ4v) is 3.64. The third-order valence-corrected chi connectivity index (χ3v) is 5.72. The first-order chi connectivity index (χ1) is 9.96. The minimum atomic E-state index is 0.0603. The van der Waals surface area contributed by atoms with Crippen LogP contribution in [0.5, 0.6) is 0 Å². The fraction of sp³-hybridized carbons (Fsp3) is 0.667. The Bertz CT molecular complexity index is 434. The highest BCUT2D eigenvalue weighted by atomic mass is 32.2. The second-order valence-corrected chi connectivity index (χ2v) is 8.14. The van der Waals surface area contributed by atoms with Crippen LogP contribution in [0.3, 0.4) is 0 Å². The maximum absolute atomic E-state index is 3.82. The van der Waals surface area contributed by atoms with E-state index in [2.05, 4.69) is 74.5 Å². The Labute approximate surface area is 134 Å². The average Bonchev–Trinajstić information content (AvgIpc) is 2.48. The van der Waals surface area contributed by atoms with Gasteiger partial charge < -0.3 is 5.32 Å². The van der Waals surface area contributed by atoms with Crippen molar-refractivity contribution >= 4 is 11.8 Å². The molecule has 0 aliphatic carbocycles. The molecule has 0 spiro atoms. The molecule has 1 fully saturated rings. The Kier molecular flexibility index (Phi) is 5.75. The van der Waals surface area contributed by atoms with Crippen molar-refractivity contribution in [1.82, 2.24) is 10.2 Å². The van der Waals surface area contributed by atoms with Gasteiger partial charge in [0.25, 0.3) is 0 Å². The molecule has 0 radical (unpaired) electrons. The predicted molar refractivity (Wildman–Crippen MR) is 95.0 cm³/mol. The van der Waals surface area contributed by atoms with Gasteiger partial charge in [-0.1, -0.05) is 51.1 Å². The van der Waals surface area contributed by atoms with E-state index in [-0.39, 0.29) is 5.54 Å². The summed E-state index contributed by atoms with van der Waals surface area (Å²) >= 11 is 1.97. The van der Waals surface area contributed by atoms with Crippen LogP contribution in [0, 0.1) is 5.92 Å². The second kappa shape index (κ2) is 7.17. The van der Waals surface area contributed by atoms with Crippen molar-refractivity contribution in [2.75, 3.05) is 25.9 Å². The van der Waals surface area contributed by atoms with Crippen LogP contribution in [-0.4, -0.2) is 42.1 Å². The molecule has 1 N–H and O–H groups in total. The van der Waals surface area contributed by atoms with E-state index in [1.807, 2.05) is 11.8 Å². The van der Waals surface area contributed by atoms with Gasteiger partial charge >= 0.3 is 0 Å². The SMILES string of the molecule is CSC(C)CN1CC(C)(c2ccccc2)NCC1C(C)C. The van der Waals surface area contributed by atoms with E-state index >= 15 is 0 Å². The predicted octanol–water partition coefficient (Wildman–Crippen LogP) is 3.58. The Morgan fingerprint density at radius 1 is 1.29 bits per heavy atom. The second-order valence-electron chi connectivity index (χ2n) is 6.87. The van der Waals surface area contributed by atoms with Crippen molar-refractivity contribution in [3.63, 3.8) is 0 Å². The van der Waals surface area contributed by atoms with Gasteiger partial charge in [0.2, 0.25) is 0 Å². The number of rotatable bonds is 5. The molecule has 1 aliphatic heterocycles. The van der Waals surface area contributed by atoms with Crippen molar-refractivity contribution < 1.29 is 0 Å². The van der Waals surface area contributed by atoms with E-state index in [9.17, 15) is 0 Å². The monoisotopic (exact) mass is 306 g/mol. The molecule has 3 heteroatoms. The molecule has 1 aromatic rings. The topological polar surface area (TPSA) is 15.3 Å². The molecule has 1 aromatic carbocycles. The lowest BCUT2D eigenvalue weighted by atomic mass is 9.86. The normalized spacial score (nSPS) is 28.8. The summed E-state index contributed by atoms with van der Waals surface area (Å²) in [6.07, 6.45) is 2.22. The molecule has 3 atom stereocenters. The Balaban J connectivity index is 2.18. The van der Waals surface area contributed by atoms with E-state index in [0.29, 0.717) is 17.2 Å². The zero-order valence-electron chi connectivity index (χ0n) is 14.1. The van der Waals surface area contributed by atoms with Crippen LogP contribution in [0.2, 0.25) is 0 Å². The van der Waals surface area contributed by atoms with Gasteiger partial charge in [-0.25, -0.2) is 0 Å². The van der Waals surface area contributed by atoms with Gasteiger partial charge in [0.15, 0.2) is 0 Å². The summed E-state index contributed by atoms with van der Waals surface area (Å²) in [5.74, 6) is 0.687. The zero-order chi connectivity index (χ0) is 15.5. The van der Waals surface area contributed by atoms with Crippen molar-refractivity contribution in [3.05, 3.63) is 35.9 Å². The number of piperazine rings is 1. The molecule has 0 aromatic heterocycles. The molecule has 1 aliphatic rings. The largest absolute Gasteiger partial charge is 0.305 e. The summed E-state index contributed by atoms with van der Waals surface area (Å²) in [6, 6.07) is 11.5. The van der Waals surface area contributed by atoms with Gasteiger partial charge in [0.05, 0.1) is 5.54 Å². The standard InChI is InChI=1S/C18H30N2S/c1-14(2)17-11-19-18(4,16-9-7-6-8-10-16)13-20(17)12-15(3)21-5/h6-10,14-15,17,19H,11-13H2,1-5H3. The van der Waals surface area contributed by atoms with Crippen molar-refractivity contribution in [2.24, 2.45) is 5.92 Å². The van der Waals surface area contributed by atoms with Gasteiger partial charge in [-0.2, -0.15) is 11.8 Å². The first-order valence-electron chi connectivity index (χ1n) is 8.03. The molecule has 3 unspecified atom stereocenters. The maximum atomic E-state index is 3.82. The summed E-state index contributed by atoms with van der Waals surface area (Å²) in [5.41, 5.74) is 1.46. The molecule has 118 valence electrons. The summed E-state index contributed by atoms with van der Waals surface area (Å²) in [5, 5.41) is 4.50. The summed E-state index contributed by atoms with van der Waals surface area (Å²) in [6.45, 7) is 12.7. The highest BCUT2D eigenvalue weighted by molar-refractivity contribution is 7.99. The van der Waals surface area contributed by atoms with Gasteiger partial charge in [-0.15, -0.1) is 0 Å². The van der Waals surface area contributed by atoms with Crippen LogP contribution < -0.4 is 5.32 Å². The quantitative estimate of drug-likeness (QED) is 0.895. The van der Waals surface area contributed by atoms with E-state index in [4.69, 9.17) is 0 Å². The summed E-state index contributed by atoms with van der Waals surface area (Å²) in [4.78, 5) is 2.70. The minimum Gasteiger partial charge on any atom is -0.305 e. The highest BCUT2D eigenvalue weighted by Crippen LogP contribution is 2.29. The van der Waals surface area contributed by atoms with Crippen LogP contribution in [0.1, 0.15) is 33.3 Å². The average molecular weight is 307 g/mol. The number of nitrogens with zero attached hydrogens (tertiary/aromatic N) is 1. The molecule has 21 heavy (non-hydrogen) atoms. The smallest absolute Gasteiger partial charge is 0.0535 e. The van der Waals surface area contributed by atoms with Gasteiger partial charge in [0.1, 0.15) is 0 Å². The lowest BCUT2D eigenvalue weighted by Crippen LogP contribution is -2.63. The maximum Gasteiger partial charge on any atom is 0.0535 e.